The highest BCUT2D eigenvalue weighted by atomic mass is 35.5. The highest BCUT2D eigenvalue weighted by Crippen LogP contribution is 2.37. The first kappa shape index (κ1) is 16.1. The van der Waals surface area contributed by atoms with Gasteiger partial charge in [-0.05, 0) is 36.6 Å². The first-order valence-corrected chi connectivity index (χ1v) is 9.53. The first-order valence-electron chi connectivity index (χ1n) is 7.28. The van der Waals surface area contributed by atoms with Crippen molar-refractivity contribution in [3.63, 3.8) is 0 Å². The van der Waals surface area contributed by atoms with Gasteiger partial charge in [0.1, 0.15) is 0 Å². The van der Waals surface area contributed by atoms with Gasteiger partial charge in [0.2, 0.25) is 10.0 Å². The Morgan fingerprint density at radius 1 is 1.09 bits per heavy atom. The lowest BCUT2D eigenvalue weighted by molar-refractivity contribution is 0.477. The zero-order valence-electron chi connectivity index (χ0n) is 12.0. The largest absolute Gasteiger partial charge is 0.243 e. The molecule has 1 fully saturated rings. The number of alkyl halides is 1. The van der Waals surface area contributed by atoms with Gasteiger partial charge in [-0.1, -0.05) is 35.9 Å². The molecule has 2 unspecified atom stereocenters. The Kier molecular flexibility index (Phi) is 4.64. The minimum Gasteiger partial charge on any atom is -0.207 e. The predicted octanol–water partition coefficient (Wildman–Crippen LogP) is 3.85. The molecule has 1 aliphatic heterocycles. The van der Waals surface area contributed by atoms with E-state index in [1.807, 2.05) is 18.2 Å². The molecule has 22 heavy (non-hydrogen) atoms. The monoisotopic (exact) mass is 357 g/mol. The van der Waals surface area contributed by atoms with Crippen LogP contribution in [0.1, 0.15) is 24.3 Å². The Balaban J connectivity index is 1.87. The highest BCUT2D eigenvalue weighted by Gasteiger charge is 2.28. The summed E-state index contributed by atoms with van der Waals surface area (Å²) in [4.78, 5) is 0.329. The molecule has 0 amide bonds. The average molecular weight is 358 g/mol. The van der Waals surface area contributed by atoms with Crippen molar-refractivity contribution in [3.8, 4) is 0 Å². The highest BCUT2D eigenvalue weighted by molar-refractivity contribution is 7.89. The molecule has 1 aliphatic carbocycles. The van der Waals surface area contributed by atoms with E-state index in [2.05, 4.69) is 0 Å². The molecule has 1 saturated heterocycles. The quantitative estimate of drug-likeness (QED) is 0.770. The van der Waals surface area contributed by atoms with Crippen LogP contribution in [0, 0.1) is 0 Å². The van der Waals surface area contributed by atoms with E-state index < -0.39 is 10.0 Å². The SMILES string of the molecule is O=S(=O)(c1ccc(C2C(Cl)=CC=CC2Cl)cc1)N1CCCC1. The molecule has 0 radical (unpaired) electrons. The number of hydrogen-bond donors (Lipinski definition) is 0. The molecule has 0 N–H and O–H groups in total. The van der Waals surface area contributed by atoms with E-state index in [1.54, 1.807) is 28.6 Å². The van der Waals surface area contributed by atoms with Gasteiger partial charge in [0.25, 0.3) is 0 Å². The fraction of sp³-hybridized carbons (Fsp3) is 0.375. The third-order valence-corrected chi connectivity index (χ3v) is 6.78. The summed E-state index contributed by atoms with van der Waals surface area (Å²) in [6.45, 7) is 1.21. The zero-order chi connectivity index (χ0) is 15.7. The van der Waals surface area contributed by atoms with E-state index in [-0.39, 0.29) is 11.3 Å². The lowest BCUT2D eigenvalue weighted by Crippen LogP contribution is -2.27. The summed E-state index contributed by atoms with van der Waals surface area (Å²) >= 11 is 12.6. The van der Waals surface area contributed by atoms with Gasteiger partial charge in [-0.2, -0.15) is 4.31 Å². The Morgan fingerprint density at radius 2 is 1.73 bits per heavy atom. The van der Waals surface area contributed by atoms with Crippen LogP contribution in [-0.2, 0) is 10.0 Å². The van der Waals surface area contributed by atoms with Crippen molar-refractivity contribution in [2.75, 3.05) is 13.1 Å². The van der Waals surface area contributed by atoms with Crippen molar-refractivity contribution in [1.29, 1.82) is 0 Å². The van der Waals surface area contributed by atoms with Crippen LogP contribution < -0.4 is 0 Å². The van der Waals surface area contributed by atoms with Crippen LogP contribution in [-0.4, -0.2) is 31.2 Å². The maximum absolute atomic E-state index is 12.5. The Hall–Kier alpha value is -0.810. The van der Waals surface area contributed by atoms with Crippen molar-refractivity contribution in [1.82, 2.24) is 4.31 Å². The Morgan fingerprint density at radius 3 is 2.32 bits per heavy atom. The molecule has 1 heterocycles. The molecule has 1 aromatic rings. The van der Waals surface area contributed by atoms with E-state index in [9.17, 15) is 8.42 Å². The topological polar surface area (TPSA) is 37.4 Å². The van der Waals surface area contributed by atoms with Gasteiger partial charge in [0.05, 0.1) is 10.3 Å². The third-order valence-electron chi connectivity index (χ3n) is 4.11. The third kappa shape index (κ3) is 2.98. The molecule has 0 saturated carbocycles. The Labute approximate surface area is 141 Å². The van der Waals surface area contributed by atoms with Gasteiger partial charge in [-0.15, -0.1) is 11.6 Å². The summed E-state index contributed by atoms with van der Waals surface area (Å²) < 4.78 is 26.5. The molecular formula is C16H17Cl2NO2S. The van der Waals surface area contributed by atoms with Gasteiger partial charge in [-0.25, -0.2) is 8.42 Å². The van der Waals surface area contributed by atoms with Crippen molar-refractivity contribution in [2.45, 2.75) is 29.0 Å². The molecule has 3 nitrogen and oxygen atoms in total. The average Bonchev–Trinajstić information content (AvgIpc) is 3.02. The van der Waals surface area contributed by atoms with Crippen molar-refractivity contribution in [2.24, 2.45) is 0 Å². The maximum atomic E-state index is 12.5. The van der Waals surface area contributed by atoms with Gasteiger partial charge < -0.3 is 0 Å². The molecule has 0 bridgehead atoms. The molecule has 6 heteroatoms. The van der Waals surface area contributed by atoms with Gasteiger partial charge >= 0.3 is 0 Å². The van der Waals surface area contributed by atoms with Crippen LogP contribution in [0.25, 0.3) is 0 Å². The van der Waals surface area contributed by atoms with Gasteiger partial charge in [-0.3, -0.25) is 0 Å². The molecule has 118 valence electrons. The van der Waals surface area contributed by atoms with Crippen LogP contribution in [0.4, 0.5) is 0 Å². The molecule has 2 aliphatic rings. The fourth-order valence-electron chi connectivity index (χ4n) is 2.89. The van der Waals surface area contributed by atoms with Gasteiger partial charge in [0, 0.05) is 24.0 Å². The normalized spacial score (nSPS) is 26.2. The van der Waals surface area contributed by atoms with Crippen molar-refractivity contribution < 1.29 is 8.42 Å². The molecule has 2 atom stereocenters. The maximum Gasteiger partial charge on any atom is 0.243 e. The minimum absolute atomic E-state index is 0.128. The number of rotatable bonds is 3. The van der Waals surface area contributed by atoms with Crippen LogP contribution in [0.15, 0.2) is 52.4 Å². The minimum atomic E-state index is -3.37. The molecule has 0 spiro atoms. The summed E-state index contributed by atoms with van der Waals surface area (Å²) in [6, 6.07) is 6.90. The summed E-state index contributed by atoms with van der Waals surface area (Å²) in [6.07, 6.45) is 7.40. The number of nitrogens with zero attached hydrogens (tertiary/aromatic N) is 1. The molecule has 3 rings (SSSR count). The number of allylic oxidation sites excluding steroid dienone is 4. The van der Waals surface area contributed by atoms with E-state index in [0.717, 1.165) is 18.4 Å². The second-order valence-electron chi connectivity index (χ2n) is 5.54. The number of sulfonamides is 1. The lowest BCUT2D eigenvalue weighted by Gasteiger charge is -2.23. The van der Waals surface area contributed by atoms with E-state index in [4.69, 9.17) is 23.2 Å². The predicted molar refractivity (Wildman–Crippen MR) is 89.9 cm³/mol. The summed E-state index contributed by atoms with van der Waals surface area (Å²) in [5, 5.41) is 0.441. The van der Waals surface area contributed by atoms with E-state index in [1.165, 1.54) is 0 Å². The second kappa shape index (κ2) is 6.36. The first-order chi connectivity index (χ1) is 10.5. The van der Waals surface area contributed by atoms with E-state index in [0.29, 0.717) is 23.0 Å². The van der Waals surface area contributed by atoms with Crippen LogP contribution >= 0.6 is 23.2 Å². The Bertz CT molecular complexity index is 704. The number of halogens is 2. The fourth-order valence-corrected chi connectivity index (χ4v) is 5.17. The number of hydrogen-bond acceptors (Lipinski definition) is 2. The summed E-state index contributed by atoms with van der Waals surface area (Å²) in [5.74, 6) is -0.128. The number of benzene rings is 1. The van der Waals surface area contributed by atoms with Crippen LogP contribution in [0.3, 0.4) is 0 Å². The van der Waals surface area contributed by atoms with Crippen LogP contribution in [0.5, 0.6) is 0 Å². The molecule has 1 aromatic carbocycles. The standard InChI is InChI=1S/C16H17Cl2NO2S/c17-14-4-3-5-15(18)16(14)12-6-8-13(9-7-12)22(20,21)19-10-1-2-11-19/h3-9,14,16H,1-2,10-11H2. The van der Waals surface area contributed by atoms with E-state index >= 15 is 0 Å². The van der Waals surface area contributed by atoms with Crippen molar-refractivity contribution >= 4 is 33.2 Å². The smallest absolute Gasteiger partial charge is 0.207 e. The summed E-state index contributed by atoms with van der Waals surface area (Å²) in [5.41, 5.74) is 0.922. The summed E-state index contributed by atoms with van der Waals surface area (Å²) in [7, 11) is -3.37. The van der Waals surface area contributed by atoms with Crippen molar-refractivity contribution in [3.05, 3.63) is 53.1 Å². The lowest BCUT2D eigenvalue weighted by atomic mass is 9.92. The van der Waals surface area contributed by atoms with Crippen LogP contribution in [0.2, 0.25) is 0 Å². The zero-order valence-corrected chi connectivity index (χ0v) is 14.3. The molecular weight excluding hydrogens is 341 g/mol. The molecule has 0 aromatic heterocycles. The van der Waals surface area contributed by atoms with Gasteiger partial charge in [0.15, 0.2) is 0 Å². The second-order valence-corrected chi connectivity index (χ2v) is 8.42.